The molecule has 0 fully saturated rings. The maximum Gasteiger partial charge on any atom is 0.180 e. The number of ether oxygens (including phenoxy) is 1. The van der Waals surface area contributed by atoms with Gasteiger partial charge in [0.25, 0.3) is 0 Å². The van der Waals surface area contributed by atoms with E-state index in [0.29, 0.717) is 24.7 Å². The highest BCUT2D eigenvalue weighted by Gasteiger charge is 2.12. The predicted molar refractivity (Wildman–Crippen MR) is 152 cm³/mol. The number of likely N-dealkylation sites (N-methyl/N-ethyl adjacent to an activating group) is 1. The lowest BCUT2D eigenvalue weighted by Crippen LogP contribution is -2.19. The summed E-state index contributed by atoms with van der Waals surface area (Å²) in [4.78, 5) is 20.7. The lowest BCUT2D eigenvalue weighted by Gasteiger charge is -2.12. The molecule has 0 aliphatic heterocycles. The van der Waals surface area contributed by atoms with Crippen LogP contribution in [0, 0.1) is 0 Å². The molecule has 0 atom stereocenters. The quantitative estimate of drug-likeness (QED) is 0.258. The van der Waals surface area contributed by atoms with Crippen LogP contribution in [0.15, 0.2) is 104 Å². The van der Waals surface area contributed by atoms with E-state index in [-0.39, 0.29) is 0 Å². The molecule has 3 aromatic heterocycles. The van der Waals surface area contributed by atoms with E-state index in [4.69, 9.17) is 14.7 Å². The summed E-state index contributed by atoms with van der Waals surface area (Å²) in [6.45, 7) is 2.14. The summed E-state index contributed by atoms with van der Waals surface area (Å²) in [5.41, 5.74) is 5.56. The zero-order valence-electron chi connectivity index (χ0n) is 21.6. The first-order valence-electron chi connectivity index (χ1n) is 12.6. The van der Waals surface area contributed by atoms with Crippen LogP contribution >= 0.6 is 0 Å². The van der Waals surface area contributed by atoms with E-state index in [2.05, 4.69) is 44.5 Å². The first-order valence-corrected chi connectivity index (χ1v) is 12.6. The fourth-order valence-electron chi connectivity index (χ4n) is 3.93. The lowest BCUT2D eigenvalue weighted by molar-refractivity contribution is 0.261. The summed E-state index contributed by atoms with van der Waals surface area (Å²) < 4.78 is 5.94. The Bertz CT molecular complexity index is 1470. The van der Waals surface area contributed by atoms with Crippen molar-refractivity contribution in [2.45, 2.75) is 6.54 Å². The van der Waals surface area contributed by atoms with E-state index in [0.717, 1.165) is 40.5 Å². The summed E-state index contributed by atoms with van der Waals surface area (Å²) in [6.07, 6.45) is 5.43. The molecule has 3 heterocycles. The molecule has 2 aromatic carbocycles. The number of aromatic nitrogens is 4. The molecule has 0 spiro atoms. The fraction of sp³-hybridized carbons (Fsp3) is 0.161. The van der Waals surface area contributed by atoms with Crippen molar-refractivity contribution in [2.24, 2.45) is 0 Å². The van der Waals surface area contributed by atoms with Crippen molar-refractivity contribution >= 4 is 5.82 Å². The molecule has 0 radical (unpaired) electrons. The molecule has 0 saturated heterocycles. The molecule has 7 nitrogen and oxygen atoms in total. The standard InChI is InChI=1S/C31H30N6O/c1-37(2)15-16-38-27-12-8-11-24(18-27)25-17-26(22-32-21-25)29-19-30(34-20-23-9-4-3-5-10-23)36-31(35-29)28-13-6-7-14-33-28/h3-14,17-19,21-22H,15-16,20H2,1-2H3,(H,34,35,36). The van der Waals surface area contributed by atoms with Crippen molar-refractivity contribution in [3.63, 3.8) is 0 Å². The highest BCUT2D eigenvalue weighted by Crippen LogP contribution is 2.29. The second-order valence-corrected chi connectivity index (χ2v) is 9.16. The third-order valence-electron chi connectivity index (χ3n) is 5.95. The van der Waals surface area contributed by atoms with E-state index in [1.165, 1.54) is 5.56 Å². The summed E-state index contributed by atoms with van der Waals surface area (Å²) in [5.74, 6) is 2.11. The van der Waals surface area contributed by atoms with Gasteiger partial charge in [0.1, 0.15) is 23.9 Å². The van der Waals surface area contributed by atoms with Gasteiger partial charge in [-0.3, -0.25) is 9.97 Å². The fourth-order valence-corrected chi connectivity index (χ4v) is 3.93. The average Bonchev–Trinajstić information content (AvgIpc) is 2.97. The zero-order chi connectivity index (χ0) is 26.2. The molecule has 0 saturated carbocycles. The van der Waals surface area contributed by atoms with Crippen molar-refractivity contribution in [2.75, 3.05) is 32.6 Å². The smallest absolute Gasteiger partial charge is 0.180 e. The Morgan fingerprint density at radius 1 is 0.763 bits per heavy atom. The minimum Gasteiger partial charge on any atom is -0.492 e. The molecule has 190 valence electrons. The van der Waals surface area contributed by atoms with Gasteiger partial charge in [0.2, 0.25) is 0 Å². The summed E-state index contributed by atoms with van der Waals surface area (Å²) in [7, 11) is 4.07. The molecule has 1 N–H and O–H groups in total. The molecule has 7 heteroatoms. The number of benzene rings is 2. The molecule has 5 rings (SSSR count). The number of pyridine rings is 2. The summed E-state index contributed by atoms with van der Waals surface area (Å²) >= 11 is 0. The Labute approximate surface area is 223 Å². The van der Waals surface area contributed by atoms with Crippen LogP contribution in [0.4, 0.5) is 5.82 Å². The van der Waals surface area contributed by atoms with Crippen LogP contribution in [0.2, 0.25) is 0 Å². The average molecular weight is 503 g/mol. The van der Waals surface area contributed by atoms with Gasteiger partial charge in [0, 0.05) is 48.9 Å². The Morgan fingerprint density at radius 2 is 1.61 bits per heavy atom. The maximum atomic E-state index is 5.94. The van der Waals surface area contributed by atoms with E-state index in [1.54, 1.807) is 6.20 Å². The lowest BCUT2D eigenvalue weighted by atomic mass is 10.0. The van der Waals surface area contributed by atoms with E-state index >= 15 is 0 Å². The third kappa shape index (κ3) is 6.57. The van der Waals surface area contributed by atoms with Crippen molar-refractivity contribution in [3.05, 3.63) is 109 Å². The first-order chi connectivity index (χ1) is 18.6. The van der Waals surface area contributed by atoms with Gasteiger partial charge in [0.05, 0.1) is 5.69 Å². The second kappa shape index (κ2) is 12.1. The Hall–Kier alpha value is -4.62. The molecule has 0 bridgehead atoms. The number of hydrogen-bond acceptors (Lipinski definition) is 7. The van der Waals surface area contributed by atoms with Crippen LogP contribution in [0.1, 0.15) is 5.56 Å². The van der Waals surface area contributed by atoms with Crippen molar-refractivity contribution < 1.29 is 4.74 Å². The molecule has 0 unspecified atom stereocenters. The number of nitrogens with one attached hydrogen (secondary N) is 1. The van der Waals surface area contributed by atoms with Gasteiger partial charge in [0.15, 0.2) is 5.82 Å². The zero-order valence-corrected chi connectivity index (χ0v) is 21.6. The molecular weight excluding hydrogens is 472 g/mol. The van der Waals surface area contributed by atoms with E-state index in [1.807, 2.05) is 87.2 Å². The molecule has 0 aliphatic rings. The van der Waals surface area contributed by atoms with E-state index in [9.17, 15) is 0 Å². The van der Waals surface area contributed by atoms with Crippen LogP contribution in [-0.2, 0) is 6.54 Å². The monoisotopic (exact) mass is 502 g/mol. The Balaban J connectivity index is 1.45. The van der Waals surface area contributed by atoms with Gasteiger partial charge < -0.3 is 15.0 Å². The van der Waals surface area contributed by atoms with Gasteiger partial charge in [-0.15, -0.1) is 0 Å². The number of anilines is 1. The van der Waals surface area contributed by atoms with Gasteiger partial charge >= 0.3 is 0 Å². The van der Waals surface area contributed by atoms with Gasteiger partial charge in [-0.2, -0.15) is 0 Å². The highest BCUT2D eigenvalue weighted by atomic mass is 16.5. The second-order valence-electron chi connectivity index (χ2n) is 9.16. The minimum atomic E-state index is 0.556. The van der Waals surface area contributed by atoms with Crippen LogP contribution in [0.3, 0.4) is 0 Å². The van der Waals surface area contributed by atoms with Gasteiger partial charge in [-0.25, -0.2) is 9.97 Å². The van der Waals surface area contributed by atoms with Crippen LogP contribution in [-0.4, -0.2) is 52.1 Å². The number of rotatable bonds is 10. The largest absolute Gasteiger partial charge is 0.492 e. The van der Waals surface area contributed by atoms with Crippen molar-refractivity contribution in [1.82, 2.24) is 24.8 Å². The molecule has 0 amide bonds. The Kier molecular flexibility index (Phi) is 7.96. The van der Waals surface area contributed by atoms with Crippen LogP contribution < -0.4 is 10.1 Å². The summed E-state index contributed by atoms with van der Waals surface area (Å²) in [6, 6.07) is 28.1. The topological polar surface area (TPSA) is 76.1 Å². The SMILES string of the molecule is CN(C)CCOc1cccc(-c2cncc(-c3cc(NCc4ccccc4)nc(-c4ccccn4)n3)c2)c1. The first kappa shape index (κ1) is 25.0. The van der Waals surface area contributed by atoms with Crippen LogP contribution in [0.5, 0.6) is 5.75 Å². The van der Waals surface area contributed by atoms with Crippen molar-refractivity contribution in [1.29, 1.82) is 0 Å². The molecule has 38 heavy (non-hydrogen) atoms. The van der Waals surface area contributed by atoms with Crippen LogP contribution in [0.25, 0.3) is 33.9 Å². The van der Waals surface area contributed by atoms with E-state index < -0.39 is 0 Å². The van der Waals surface area contributed by atoms with Gasteiger partial charge in [-0.05, 0) is 55.6 Å². The predicted octanol–water partition coefficient (Wildman–Crippen LogP) is 5.82. The maximum absolute atomic E-state index is 5.94. The highest BCUT2D eigenvalue weighted by molar-refractivity contribution is 5.73. The third-order valence-corrected chi connectivity index (χ3v) is 5.95. The minimum absolute atomic E-state index is 0.556. The molecule has 0 aliphatic carbocycles. The molecule has 5 aromatic rings. The number of nitrogens with zero attached hydrogens (tertiary/aromatic N) is 5. The summed E-state index contributed by atoms with van der Waals surface area (Å²) in [5, 5.41) is 3.44. The van der Waals surface area contributed by atoms with Gasteiger partial charge in [-0.1, -0.05) is 48.5 Å². The Morgan fingerprint density at radius 3 is 2.42 bits per heavy atom. The van der Waals surface area contributed by atoms with Crippen molar-refractivity contribution in [3.8, 4) is 39.7 Å². The normalized spacial score (nSPS) is 10.9. The number of hydrogen-bond donors (Lipinski definition) is 1. The molecular formula is C31H30N6O.